The molecule has 20 heavy (non-hydrogen) atoms. The van der Waals surface area contributed by atoms with Gasteiger partial charge in [0.15, 0.2) is 0 Å². The first-order chi connectivity index (χ1) is 9.41. The Hall–Kier alpha value is -1.86. The summed E-state index contributed by atoms with van der Waals surface area (Å²) in [4.78, 5) is 11.6. The zero-order chi connectivity index (χ0) is 14.8. The number of halogens is 1. The molecule has 0 unspecified atom stereocenters. The van der Waals surface area contributed by atoms with Gasteiger partial charge in [0.1, 0.15) is 5.70 Å². The minimum atomic E-state index is -3.97. The van der Waals surface area contributed by atoms with E-state index in [0.29, 0.717) is 10.6 Å². The largest absolute Gasteiger partial charge is 0.461 e. The van der Waals surface area contributed by atoms with Gasteiger partial charge in [-0.05, 0) is 25.1 Å². The molecule has 0 saturated carbocycles. The topological polar surface area (TPSA) is 84.8 Å². The molecular formula is C12H11ClN2O4S. The zero-order valence-corrected chi connectivity index (χ0v) is 12.0. The predicted octanol–water partition coefficient (Wildman–Crippen LogP) is 1.42. The number of carbonyl (C=O) groups excluding carboxylic acids is 1. The fourth-order valence-corrected chi connectivity index (χ4v) is 2.56. The van der Waals surface area contributed by atoms with Gasteiger partial charge < -0.3 is 4.74 Å². The fraction of sp³-hybridized carbons (Fsp3) is 0.167. The van der Waals surface area contributed by atoms with Gasteiger partial charge in [0.2, 0.25) is 0 Å². The van der Waals surface area contributed by atoms with Crippen molar-refractivity contribution in [3.63, 3.8) is 0 Å². The summed E-state index contributed by atoms with van der Waals surface area (Å²) in [5, 5.41) is 0.515. The van der Waals surface area contributed by atoms with Gasteiger partial charge >= 0.3 is 16.2 Å². The lowest BCUT2D eigenvalue weighted by molar-refractivity contribution is -0.138. The van der Waals surface area contributed by atoms with Crippen LogP contribution in [0.5, 0.6) is 0 Å². The average molecular weight is 315 g/mol. The van der Waals surface area contributed by atoms with Gasteiger partial charge in [0, 0.05) is 10.6 Å². The van der Waals surface area contributed by atoms with Gasteiger partial charge in [0.05, 0.1) is 12.3 Å². The highest BCUT2D eigenvalue weighted by atomic mass is 35.5. The molecule has 1 aliphatic heterocycles. The number of hydrogen-bond donors (Lipinski definition) is 1. The molecule has 1 heterocycles. The molecular weight excluding hydrogens is 304 g/mol. The van der Waals surface area contributed by atoms with Gasteiger partial charge in [-0.2, -0.15) is 8.42 Å². The third-order valence-corrected chi connectivity index (χ3v) is 3.54. The highest BCUT2D eigenvalue weighted by Gasteiger charge is 2.24. The number of rotatable bonds is 3. The van der Waals surface area contributed by atoms with Gasteiger partial charge in [0.25, 0.3) is 0 Å². The number of nitrogens with zero attached hydrogens (tertiary/aromatic N) is 1. The maximum absolute atomic E-state index is 11.6. The summed E-state index contributed by atoms with van der Waals surface area (Å²) in [6, 6.07) is 6.43. The Balaban J connectivity index is 2.42. The Labute approximate surface area is 121 Å². The van der Waals surface area contributed by atoms with Crippen molar-refractivity contribution in [2.45, 2.75) is 6.92 Å². The highest BCUT2D eigenvalue weighted by molar-refractivity contribution is 7.88. The monoisotopic (exact) mass is 314 g/mol. The van der Waals surface area contributed by atoms with Gasteiger partial charge in [-0.15, -0.1) is 4.40 Å². The fourth-order valence-electron chi connectivity index (χ4n) is 1.55. The zero-order valence-electron chi connectivity index (χ0n) is 10.5. The molecule has 1 aromatic carbocycles. The molecule has 0 aliphatic carbocycles. The molecule has 6 nitrogen and oxygen atoms in total. The molecule has 0 aromatic heterocycles. The second-order valence-electron chi connectivity index (χ2n) is 3.84. The Bertz CT molecular complexity index is 693. The van der Waals surface area contributed by atoms with Crippen LogP contribution >= 0.6 is 11.6 Å². The molecule has 0 fully saturated rings. The van der Waals surface area contributed by atoms with Crippen LogP contribution in [0.1, 0.15) is 12.5 Å². The van der Waals surface area contributed by atoms with Crippen molar-refractivity contribution in [1.29, 1.82) is 0 Å². The van der Waals surface area contributed by atoms with Crippen LogP contribution in [-0.2, 0) is 19.7 Å². The third-order valence-electron chi connectivity index (χ3n) is 2.37. The van der Waals surface area contributed by atoms with E-state index in [0.717, 1.165) is 0 Å². The molecule has 0 atom stereocenters. The molecule has 0 saturated heterocycles. The van der Waals surface area contributed by atoms with Crippen LogP contribution in [0.3, 0.4) is 0 Å². The van der Waals surface area contributed by atoms with Crippen LogP contribution in [-0.4, -0.2) is 26.7 Å². The van der Waals surface area contributed by atoms with E-state index in [1.54, 1.807) is 31.2 Å². The molecule has 0 radical (unpaired) electrons. The van der Waals surface area contributed by atoms with Crippen molar-refractivity contribution >= 4 is 33.5 Å². The van der Waals surface area contributed by atoms with Crippen molar-refractivity contribution in [1.82, 2.24) is 4.72 Å². The molecule has 1 aliphatic rings. The summed E-state index contributed by atoms with van der Waals surface area (Å²) in [6.45, 7) is 1.77. The minimum Gasteiger partial charge on any atom is -0.461 e. The SMILES string of the molecule is CCOC(=O)C1=CC(c2ccc(Cl)cc2)=NS(=O)(=O)N1. The molecule has 0 spiro atoms. The van der Waals surface area contributed by atoms with Gasteiger partial charge in [-0.25, -0.2) is 4.79 Å². The molecule has 0 amide bonds. The van der Waals surface area contributed by atoms with Crippen molar-refractivity contribution in [2.24, 2.45) is 4.40 Å². The number of allylic oxidation sites excluding steroid dienone is 1. The first kappa shape index (κ1) is 14.5. The third kappa shape index (κ3) is 3.37. The lowest BCUT2D eigenvalue weighted by Crippen LogP contribution is -2.32. The molecule has 8 heteroatoms. The number of hydrogen-bond acceptors (Lipinski definition) is 4. The minimum absolute atomic E-state index is 0.142. The van der Waals surface area contributed by atoms with E-state index in [1.807, 2.05) is 4.72 Å². The van der Waals surface area contributed by atoms with Crippen LogP contribution in [0.4, 0.5) is 0 Å². The van der Waals surface area contributed by atoms with Crippen LogP contribution in [0.25, 0.3) is 0 Å². The van der Waals surface area contributed by atoms with E-state index < -0.39 is 16.2 Å². The normalized spacial score (nSPS) is 16.7. The maximum Gasteiger partial charge on any atom is 0.355 e. The Morgan fingerprint density at radius 1 is 1.35 bits per heavy atom. The second kappa shape index (κ2) is 5.64. The first-order valence-corrected chi connectivity index (χ1v) is 7.50. The highest BCUT2D eigenvalue weighted by Crippen LogP contribution is 2.15. The van der Waals surface area contributed by atoms with E-state index in [1.165, 1.54) is 6.08 Å². The van der Waals surface area contributed by atoms with Gasteiger partial charge in [-0.3, -0.25) is 4.72 Å². The summed E-state index contributed by atoms with van der Waals surface area (Å²) in [5.41, 5.74) is 0.497. The van der Waals surface area contributed by atoms with E-state index in [9.17, 15) is 13.2 Å². The smallest absolute Gasteiger partial charge is 0.355 e. The molecule has 106 valence electrons. The molecule has 1 N–H and O–H groups in total. The van der Waals surface area contributed by atoms with Gasteiger partial charge in [-0.1, -0.05) is 23.7 Å². The van der Waals surface area contributed by atoms with E-state index >= 15 is 0 Å². The standard InChI is InChI=1S/C12H11ClN2O4S/c1-2-19-12(16)11-7-10(14-20(17,18)15-11)8-3-5-9(13)6-4-8/h3-7,15H,2H2,1H3. The average Bonchev–Trinajstić information content (AvgIpc) is 2.38. The molecule has 1 aromatic rings. The number of ether oxygens (including phenoxy) is 1. The Morgan fingerprint density at radius 3 is 2.60 bits per heavy atom. The van der Waals surface area contributed by atoms with E-state index in [-0.39, 0.29) is 18.0 Å². The number of carbonyl (C=O) groups is 1. The number of esters is 1. The predicted molar refractivity (Wildman–Crippen MR) is 74.8 cm³/mol. The first-order valence-electron chi connectivity index (χ1n) is 5.69. The lowest BCUT2D eigenvalue weighted by atomic mass is 10.1. The van der Waals surface area contributed by atoms with Crippen molar-refractivity contribution in [2.75, 3.05) is 6.61 Å². The van der Waals surface area contributed by atoms with Crippen LogP contribution < -0.4 is 4.72 Å². The van der Waals surface area contributed by atoms with Crippen LogP contribution in [0, 0.1) is 0 Å². The Morgan fingerprint density at radius 2 is 2.00 bits per heavy atom. The van der Waals surface area contributed by atoms with Crippen molar-refractivity contribution in [3.05, 3.63) is 46.6 Å². The summed E-state index contributed by atoms with van der Waals surface area (Å²) in [5.74, 6) is -0.752. The second-order valence-corrected chi connectivity index (χ2v) is 5.61. The van der Waals surface area contributed by atoms with Crippen LogP contribution in [0.15, 0.2) is 40.4 Å². The van der Waals surface area contributed by atoms with E-state index in [2.05, 4.69) is 4.40 Å². The number of benzene rings is 1. The van der Waals surface area contributed by atoms with Crippen molar-refractivity contribution < 1.29 is 17.9 Å². The summed E-state index contributed by atoms with van der Waals surface area (Å²) < 4.78 is 33.7. The lowest BCUT2D eigenvalue weighted by Gasteiger charge is -2.14. The Kier molecular flexibility index (Phi) is 4.10. The van der Waals surface area contributed by atoms with E-state index in [4.69, 9.17) is 16.3 Å². The quantitative estimate of drug-likeness (QED) is 0.855. The summed E-state index contributed by atoms with van der Waals surface area (Å²) >= 11 is 5.77. The molecule has 2 rings (SSSR count). The van der Waals surface area contributed by atoms with Crippen LogP contribution in [0.2, 0.25) is 5.02 Å². The molecule has 0 bridgehead atoms. The summed E-state index contributed by atoms with van der Waals surface area (Å²) in [6.07, 6.45) is 1.32. The maximum atomic E-state index is 11.6. The number of nitrogens with one attached hydrogen (secondary N) is 1. The van der Waals surface area contributed by atoms with Crippen molar-refractivity contribution in [3.8, 4) is 0 Å². The summed E-state index contributed by atoms with van der Waals surface area (Å²) in [7, 11) is -3.97.